The van der Waals surface area contributed by atoms with E-state index in [2.05, 4.69) is 15.0 Å². The molecular weight excluding hydrogens is 469 g/mol. The molecule has 5 aromatic rings. The normalized spacial score (nSPS) is 15.3. The minimum Gasteiger partial charge on any atom is -0.455 e. The zero-order valence-electron chi connectivity index (χ0n) is 20.2. The Bertz CT molecular complexity index is 1580. The third kappa shape index (κ3) is 4.42. The summed E-state index contributed by atoms with van der Waals surface area (Å²) in [7, 11) is 0. The second kappa shape index (κ2) is 9.46. The fourth-order valence-electron chi connectivity index (χ4n) is 4.89. The number of pyridine rings is 2. The van der Waals surface area contributed by atoms with E-state index in [0.717, 1.165) is 35.1 Å². The Hall–Kier alpha value is -4.59. The number of hydrogen-bond donors (Lipinski definition) is 1. The van der Waals surface area contributed by atoms with Gasteiger partial charge in [0.2, 0.25) is 5.91 Å². The van der Waals surface area contributed by atoms with E-state index in [4.69, 9.17) is 9.72 Å². The van der Waals surface area contributed by atoms with Crippen molar-refractivity contribution in [3.8, 4) is 34.3 Å². The maximum absolute atomic E-state index is 14.2. The number of carbonyl (C=O) groups is 1. The number of ether oxygens (including phenoxy) is 1. The number of aromatic nitrogens is 4. The van der Waals surface area contributed by atoms with Crippen molar-refractivity contribution in [1.29, 1.82) is 0 Å². The fourth-order valence-corrected chi connectivity index (χ4v) is 4.89. The SMILES string of the molecule is CC(=O)N1CCCC1c1cc2[nH]c(-c3ccccn3)nc2cc1Oc1ccc(-c2ccccc2F)nc1. The zero-order chi connectivity index (χ0) is 25.4. The summed E-state index contributed by atoms with van der Waals surface area (Å²) in [6, 6.07) is 19.5. The second-order valence-electron chi connectivity index (χ2n) is 9.04. The van der Waals surface area contributed by atoms with Crippen LogP contribution in [0.3, 0.4) is 0 Å². The minimum atomic E-state index is -0.329. The van der Waals surface area contributed by atoms with E-state index in [9.17, 15) is 9.18 Å². The lowest BCUT2D eigenvalue weighted by atomic mass is 10.0. The number of amides is 1. The summed E-state index contributed by atoms with van der Waals surface area (Å²) in [5, 5.41) is 0. The van der Waals surface area contributed by atoms with Crippen molar-refractivity contribution >= 4 is 16.9 Å². The van der Waals surface area contributed by atoms with Gasteiger partial charge >= 0.3 is 0 Å². The van der Waals surface area contributed by atoms with E-state index in [1.54, 1.807) is 49.6 Å². The molecule has 2 aromatic carbocycles. The molecular formula is C29H24FN5O2. The van der Waals surface area contributed by atoms with Crippen molar-refractivity contribution < 1.29 is 13.9 Å². The van der Waals surface area contributed by atoms with Crippen molar-refractivity contribution in [1.82, 2.24) is 24.8 Å². The number of rotatable bonds is 5. The Balaban J connectivity index is 1.40. The highest BCUT2D eigenvalue weighted by Gasteiger charge is 2.31. The number of H-pyrrole nitrogens is 1. The molecule has 3 aromatic heterocycles. The van der Waals surface area contributed by atoms with E-state index < -0.39 is 0 Å². The molecule has 1 N–H and O–H groups in total. The van der Waals surface area contributed by atoms with Crippen molar-refractivity contribution in [2.75, 3.05) is 6.54 Å². The molecule has 0 saturated carbocycles. The smallest absolute Gasteiger partial charge is 0.219 e. The van der Waals surface area contributed by atoms with Crippen LogP contribution in [0, 0.1) is 5.82 Å². The predicted octanol–water partition coefficient (Wildman–Crippen LogP) is 6.30. The lowest BCUT2D eigenvalue weighted by molar-refractivity contribution is -0.129. The number of likely N-dealkylation sites (tertiary alicyclic amines) is 1. The van der Waals surface area contributed by atoms with Crippen molar-refractivity contribution in [2.24, 2.45) is 0 Å². The lowest BCUT2D eigenvalue weighted by Gasteiger charge is -2.25. The van der Waals surface area contributed by atoms with Crippen molar-refractivity contribution in [2.45, 2.75) is 25.8 Å². The average molecular weight is 494 g/mol. The van der Waals surface area contributed by atoms with Crippen LogP contribution in [-0.2, 0) is 4.79 Å². The van der Waals surface area contributed by atoms with Gasteiger partial charge in [0.1, 0.15) is 23.0 Å². The molecule has 0 bridgehead atoms. The van der Waals surface area contributed by atoms with Gasteiger partial charge in [-0.2, -0.15) is 0 Å². The number of imidazole rings is 1. The van der Waals surface area contributed by atoms with Crippen molar-refractivity contribution in [3.63, 3.8) is 0 Å². The van der Waals surface area contributed by atoms with E-state index in [-0.39, 0.29) is 17.8 Å². The molecule has 37 heavy (non-hydrogen) atoms. The molecule has 1 atom stereocenters. The monoisotopic (exact) mass is 493 g/mol. The third-order valence-electron chi connectivity index (χ3n) is 6.65. The first-order valence-electron chi connectivity index (χ1n) is 12.2. The summed E-state index contributed by atoms with van der Waals surface area (Å²) in [6.45, 7) is 2.30. The van der Waals surface area contributed by atoms with E-state index >= 15 is 0 Å². The molecule has 7 nitrogen and oxygen atoms in total. The molecule has 1 aliphatic heterocycles. The Kier molecular flexibility index (Phi) is 5.84. The number of benzene rings is 2. The summed E-state index contributed by atoms with van der Waals surface area (Å²) in [4.78, 5) is 31.2. The van der Waals surface area contributed by atoms with Gasteiger partial charge in [0.15, 0.2) is 5.82 Å². The van der Waals surface area contributed by atoms with Gasteiger partial charge in [0.25, 0.3) is 0 Å². The number of carbonyl (C=O) groups excluding carboxylic acids is 1. The summed E-state index contributed by atoms with van der Waals surface area (Å²) < 4.78 is 20.5. The highest BCUT2D eigenvalue weighted by Crippen LogP contribution is 2.41. The number of fused-ring (bicyclic) bond motifs is 1. The van der Waals surface area contributed by atoms with Gasteiger partial charge in [0, 0.05) is 36.9 Å². The quantitative estimate of drug-likeness (QED) is 0.311. The first kappa shape index (κ1) is 22.8. The fraction of sp³-hybridized carbons (Fsp3) is 0.172. The Morgan fingerprint density at radius 2 is 1.92 bits per heavy atom. The maximum atomic E-state index is 14.2. The minimum absolute atomic E-state index is 0.0308. The van der Waals surface area contributed by atoms with Crippen LogP contribution in [-0.4, -0.2) is 37.3 Å². The van der Waals surface area contributed by atoms with Gasteiger partial charge in [-0.25, -0.2) is 9.37 Å². The molecule has 0 spiro atoms. The van der Waals surface area contributed by atoms with Gasteiger partial charge in [-0.05, 0) is 55.3 Å². The average Bonchev–Trinajstić information content (AvgIpc) is 3.57. The lowest BCUT2D eigenvalue weighted by Crippen LogP contribution is -2.28. The van der Waals surface area contributed by atoms with Gasteiger partial charge in [-0.3, -0.25) is 14.8 Å². The zero-order valence-corrected chi connectivity index (χ0v) is 20.2. The first-order valence-corrected chi connectivity index (χ1v) is 12.2. The molecule has 1 saturated heterocycles. The molecule has 0 radical (unpaired) electrons. The van der Waals surface area contributed by atoms with Crippen LogP contribution in [0.1, 0.15) is 31.4 Å². The number of hydrogen-bond acceptors (Lipinski definition) is 5. The van der Waals surface area contributed by atoms with Crippen LogP contribution in [0.15, 0.2) is 79.1 Å². The molecule has 4 heterocycles. The Morgan fingerprint density at radius 1 is 1.05 bits per heavy atom. The summed E-state index contributed by atoms with van der Waals surface area (Å²) in [5.41, 5.74) is 4.15. The summed E-state index contributed by atoms with van der Waals surface area (Å²) in [5.74, 6) is 1.47. The van der Waals surface area contributed by atoms with Gasteiger partial charge < -0.3 is 14.6 Å². The third-order valence-corrected chi connectivity index (χ3v) is 6.65. The van der Waals surface area contributed by atoms with Crippen molar-refractivity contribution in [3.05, 3.63) is 90.5 Å². The van der Waals surface area contributed by atoms with Crippen LogP contribution in [0.25, 0.3) is 33.8 Å². The van der Waals surface area contributed by atoms with Gasteiger partial charge in [0.05, 0.1) is 29.0 Å². The van der Waals surface area contributed by atoms with Gasteiger partial charge in [-0.1, -0.05) is 18.2 Å². The standard InChI is InChI=1S/C29H24FN5O2/c1-18(36)35-14-6-10-27(35)21-15-25-26(34-29(33-25)24-9-4-5-13-31-24)16-28(21)37-19-11-12-23(32-17-19)20-7-2-3-8-22(20)30/h2-5,7-9,11-13,15-17,27H,6,10,14H2,1H3,(H,33,34). The Labute approximate surface area is 213 Å². The highest BCUT2D eigenvalue weighted by molar-refractivity contribution is 5.82. The first-order chi connectivity index (χ1) is 18.1. The molecule has 0 aliphatic carbocycles. The number of nitrogens with zero attached hydrogens (tertiary/aromatic N) is 4. The molecule has 8 heteroatoms. The number of halogens is 1. The Morgan fingerprint density at radius 3 is 2.68 bits per heavy atom. The van der Waals surface area contributed by atoms with Crippen LogP contribution < -0.4 is 4.74 Å². The second-order valence-corrected chi connectivity index (χ2v) is 9.04. The highest BCUT2D eigenvalue weighted by atomic mass is 19.1. The van der Waals surface area contributed by atoms with Gasteiger partial charge in [-0.15, -0.1) is 0 Å². The molecule has 1 aliphatic rings. The van der Waals surface area contributed by atoms with Crippen LogP contribution in [0.4, 0.5) is 4.39 Å². The molecule has 184 valence electrons. The number of aromatic amines is 1. The number of nitrogens with one attached hydrogen (secondary N) is 1. The maximum Gasteiger partial charge on any atom is 0.219 e. The van der Waals surface area contributed by atoms with Crippen LogP contribution in [0.5, 0.6) is 11.5 Å². The molecule has 1 amide bonds. The summed E-state index contributed by atoms with van der Waals surface area (Å²) >= 11 is 0. The molecule has 6 rings (SSSR count). The summed E-state index contributed by atoms with van der Waals surface area (Å²) in [6.07, 6.45) is 5.07. The predicted molar refractivity (Wildman–Crippen MR) is 138 cm³/mol. The molecule has 1 unspecified atom stereocenters. The topological polar surface area (TPSA) is 84.0 Å². The van der Waals surface area contributed by atoms with Crippen LogP contribution in [0.2, 0.25) is 0 Å². The molecule has 1 fully saturated rings. The largest absolute Gasteiger partial charge is 0.455 e. The van der Waals surface area contributed by atoms with E-state index in [1.807, 2.05) is 35.2 Å². The van der Waals surface area contributed by atoms with Crippen LogP contribution >= 0.6 is 0 Å². The van der Waals surface area contributed by atoms with E-state index in [0.29, 0.717) is 35.1 Å². The van der Waals surface area contributed by atoms with E-state index in [1.165, 1.54) is 6.07 Å².